The number of aliphatic hydroxyl groups excluding tert-OH is 2. The van der Waals surface area contributed by atoms with E-state index < -0.39 is 0 Å². The van der Waals surface area contributed by atoms with Crippen LogP contribution in [0.2, 0.25) is 0 Å². The molecule has 0 saturated heterocycles. The van der Waals surface area contributed by atoms with Crippen LogP contribution in [0.25, 0.3) is 0 Å². The lowest BCUT2D eigenvalue weighted by Crippen LogP contribution is -2.26. The van der Waals surface area contributed by atoms with Crippen LogP contribution in [0.15, 0.2) is 0 Å². The van der Waals surface area contributed by atoms with Crippen LogP contribution < -0.4 is 0 Å². The molecule has 1 aliphatic carbocycles. The molecule has 0 amide bonds. The van der Waals surface area contributed by atoms with Crippen molar-refractivity contribution in [1.82, 2.24) is 0 Å². The smallest absolute Gasteiger partial charge is 0.0483 e. The van der Waals surface area contributed by atoms with E-state index >= 15 is 0 Å². The lowest BCUT2D eigenvalue weighted by molar-refractivity contribution is 0.0790. The molecule has 0 aromatic heterocycles. The Morgan fingerprint density at radius 2 is 1.62 bits per heavy atom. The summed E-state index contributed by atoms with van der Waals surface area (Å²) in [6.07, 6.45) is 6.26. The van der Waals surface area contributed by atoms with E-state index in [1.54, 1.807) is 0 Å². The minimum atomic E-state index is 0.137. The van der Waals surface area contributed by atoms with Gasteiger partial charge in [0.1, 0.15) is 0 Å². The molecule has 0 unspecified atom stereocenters. The predicted molar refractivity (Wildman–Crippen MR) is 53.4 cm³/mol. The van der Waals surface area contributed by atoms with Gasteiger partial charge in [0.05, 0.1) is 0 Å². The molecule has 0 atom stereocenters. The molecule has 13 heavy (non-hydrogen) atoms. The standard InChI is InChI=1S/C11H22O2/c1-2-9-3-5-10(6-4-9)11(7-12)8-13/h9-13H,2-8H2,1H3. The van der Waals surface area contributed by atoms with Gasteiger partial charge in [0.2, 0.25) is 0 Å². The second kappa shape index (κ2) is 5.61. The van der Waals surface area contributed by atoms with Crippen molar-refractivity contribution in [3.63, 3.8) is 0 Å². The van der Waals surface area contributed by atoms with Crippen molar-refractivity contribution in [2.24, 2.45) is 17.8 Å². The Bertz CT molecular complexity index is 124. The zero-order valence-corrected chi connectivity index (χ0v) is 8.58. The van der Waals surface area contributed by atoms with Crippen LogP contribution in [-0.4, -0.2) is 23.4 Å². The van der Waals surface area contributed by atoms with Crippen molar-refractivity contribution in [3.05, 3.63) is 0 Å². The lowest BCUT2D eigenvalue weighted by atomic mass is 9.75. The molecule has 2 N–H and O–H groups in total. The van der Waals surface area contributed by atoms with Crippen LogP contribution in [0.3, 0.4) is 0 Å². The van der Waals surface area contributed by atoms with Crippen molar-refractivity contribution in [1.29, 1.82) is 0 Å². The van der Waals surface area contributed by atoms with Crippen molar-refractivity contribution in [2.75, 3.05) is 13.2 Å². The first-order chi connectivity index (χ1) is 6.31. The first-order valence-corrected chi connectivity index (χ1v) is 5.53. The summed E-state index contributed by atoms with van der Waals surface area (Å²) < 4.78 is 0. The van der Waals surface area contributed by atoms with E-state index in [4.69, 9.17) is 10.2 Å². The molecular weight excluding hydrogens is 164 g/mol. The highest BCUT2D eigenvalue weighted by Gasteiger charge is 2.25. The van der Waals surface area contributed by atoms with E-state index in [2.05, 4.69) is 6.92 Å². The normalized spacial score (nSPS) is 29.5. The van der Waals surface area contributed by atoms with Crippen molar-refractivity contribution >= 4 is 0 Å². The third-order valence-corrected chi connectivity index (χ3v) is 3.60. The Kier molecular flexibility index (Phi) is 4.74. The number of hydrogen-bond acceptors (Lipinski definition) is 2. The fraction of sp³-hybridized carbons (Fsp3) is 1.00. The fourth-order valence-corrected chi connectivity index (χ4v) is 2.42. The van der Waals surface area contributed by atoms with E-state index in [1.165, 1.54) is 32.1 Å². The first-order valence-electron chi connectivity index (χ1n) is 5.53. The zero-order chi connectivity index (χ0) is 9.68. The summed E-state index contributed by atoms with van der Waals surface area (Å²) in [6, 6.07) is 0. The maximum atomic E-state index is 9.04. The topological polar surface area (TPSA) is 40.5 Å². The van der Waals surface area contributed by atoms with Gasteiger partial charge in [0.15, 0.2) is 0 Å². The summed E-state index contributed by atoms with van der Waals surface area (Å²) >= 11 is 0. The Labute approximate surface area is 81.0 Å². The Morgan fingerprint density at radius 3 is 2.00 bits per heavy atom. The van der Waals surface area contributed by atoms with Crippen LogP contribution in [0.4, 0.5) is 0 Å². The van der Waals surface area contributed by atoms with E-state index in [9.17, 15) is 0 Å². The molecule has 78 valence electrons. The molecule has 0 aromatic rings. The minimum Gasteiger partial charge on any atom is -0.396 e. The van der Waals surface area contributed by atoms with Gasteiger partial charge < -0.3 is 10.2 Å². The summed E-state index contributed by atoms with van der Waals surface area (Å²) in [5.41, 5.74) is 0. The SMILES string of the molecule is CCC1CCC(C(CO)CO)CC1. The van der Waals surface area contributed by atoms with Crippen LogP contribution in [0, 0.1) is 17.8 Å². The average molecular weight is 186 g/mol. The maximum Gasteiger partial charge on any atom is 0.0483 e. The van der Waals surface area contributed by atoms with Crippen LogP contribution in [0.1, 0.15) is 39.0 Å². The van der Waals surface area contributed by atoms with E-state index in [-0.39, 0.29) is 19.1 Å². The van der Waals surface area contributed by atoms with Gasteiger partial charge in [-0.2, -0.15) is 0 Å². The highest BCUT2D eigenvalue weighted by atomic mass is 16.3. The number of rotatable bonds is 4. The quantitative estimate of drug-likeness (QED) is 0.703. The summed E-state index contributed by atoms with van der Waals surface area (Å²) in [5.74, 6) is 1.60. The summed E-state index contributed by atoms with van der Waals surface area (Å²) in [5, 5.41) is 18.1. The Morgan fingerprint density at radius 1 is 1.08 bits per heavy atom. The van der Waals surface area contributed by atoms with Gasteiger partial charge in [-0.1, -0.05) is 26.2 Å². The van der Waals surface area contributed by atoms with Crippen LogP contribution in [0.5, 0.6) is 0 Å². The monoisotopic (exact) mass is 186 g/mol. The second-order valence-electron chi connectivity index (χ2n) is 4.31. The fourth-order valence-electron chi connectivity index (χ4n) is 2.42. The third-order valence-electron chi connectivity index (χ3n) is 3.60. The number of hydrogen-bond donors (Lipinski definition) is 2. The van der Waals surface area contributed by atoms with Gasteiger partial charge in [-0.25, -0.2) is 0 Å². The first kappa shape index (κ1) is 11.0. The molecule has 0 aromatic carbocycles. The summed E-state index contributed by atoms with van der Waals surface area (Å²) in [7, 11) is 0. The number of aliphatic hydroxyl groups is 2. The van der Waals surface area contributed by atoms with Crippen LogP contribution >= 0.6 is 0 Å². The van der Waals surface area contributed by atoms with Gasteiger partial charge in [-0.15, -0.1) is 0 Å². The molecular formula is C11H22O2. The average Bonchev–Trinajstić information content (AvgIpc) is 2.21. The van der Waals surface area contributed by atoms with Crippen LogP contribution in [-0.2, 0) is 0 Å². The maximum absolute atomic E-state index is 9.04. The van der Waals surface area contributed by atoms with Gasteiger partial charge >= 0.3 is 0 Å². The largest absolute Gasteiger partial charge is 0.396 e. The van der Waals surface area contributed by atoms with Crippen molar-refractivity contribution < 1.29 is 10.2 Å². The van der Waals surface area contributed by atoms with Gasteiger partial charge in [-0.05, 0) is 24.7 Å². The molecule has 0 aliphatic heterocycles. The molecule has 1 fully saturated rings. The third kappa shape index (κ3) is 2.96. The molecule has 0 heterocycles. The molecule has 2 heteroatoms. The minimum absolute atomic E-state index is 0.137. The second-order valence-corrected chi connectivity index (χ2v) is 4.31. The van der Waals surface area contributed by atoms with Gasteiger partial charge in [0, 0.05) is 19.1 Å². The molecule has 1 saturated carbocycles. The zero-order valence-electron chi connectivity index (χ0n) is 8.58. The van der Waals surface area contributed by atoms with Gasteiger partial charge in [-0.3, -0.25) is 0 Å². The molecule has 0 spiro atoms. The highest BCUT2D eigenvalue weighted by Crippen LogP contribution is 2.34. The lowest BCUT2D eigenvalue weighted by Gasteiger charge is -2.31. The Balaban J connectivity index is 2.30. The highest BCUT2D eigenvalue weighted by molar-refractivity contribution is 4.76. The Hall–Kier alpha value is -0.0800. The molecule has 0 radical (unpaired) electrons. The summed E-state index contributed by atoms with van der Waals surface area (Å²) in [6.45, 7) is 2.55. The van der Waals surface area contributed by atoms with Crippen molar-refractivity contribution in [2.45, 2.75) is 39.0 Å². The van der Waals surface area contributed by atoms with Crippen molar-refractivity contribution in [3.8, 4) is 0 Å². The molecule has 1 rings (SSSR count). The summed E-state index contributed by atoms with van der Waals surface area (Å²) in [4.78, 5) is 0. The van der Waals surface area contributed by atoms with E-state index in [0.29, 0.717) is 5.92 Å². The van der Waals surface area contributed by atoms with E-state index in [1.807, 2.05) is 0 Å². The van der Waals surface area contributed by atoms with E-state index in [0.717, 1.165) is 5.92 Å². The molecule has 1 aliphatic rings. The predicted octanol–water partition coefficient (Wildman–Crippen LogP) is 1.80. The molecule has 2 nitrogen and oxygen atoms in total. The van der Waals surface area contributed by atoms with Gasteiger partial charge in [0.25, 0.3) is 0 Å². The molecule has 0 bridgehead atoms.